The first-order valence-corrected chi connectivity index (χ1v) is 7.54. The highest BCUT2D eigenvalue weighted by Crippen LogP contribution is 2.15. The lowest BCUT2D eigenvalue weighted by Crippen LogP contribution is -2.42. The second-order valence-corrected chi connectivity index (χ2v) is 5.35. The summed E-state index contributed by atoms with van der Waals surface area (Å²) < 4.78 is 10.6. The third-order valence-corrected chi connectivity index (χ3v) is 4.00. The van der Waals surface area contributed by atoms with E-state index in [1.54, 1.807) is 0 Å². The standard InChI is InChI=1S/C13H26BrNO3/c1-5-17-9-7-15(8-10-18-6-2)13(16)12(14)11(3)4/h11-12H,5-10H2,1-4H3. The Morgan fingerprint density at radius 3 is 1.89 bits per heavy atom. The molecule has 0 aromatic carbocycles. The Hall–Kier alpha value is -0.130. The normalized spacial score (nSPS) is 12.8. The zero-order valence-corrected chi connectivity index (χ0v) is 13.5. The van der Waals surface area contributed by atoms with Gasteiger partial charge in [-0.25, -0.2) is 0 Å². The molecule has 1 amide bonds. The number of rotatable bonds is 10. The van der Waals surface area contributed by atoms with Crippen molar-refractivity contribution in [3.05, 3.63) is 0 Å². The average Bonchev–Trinajstić information content (AvgIpc) is 2.35. The highest BCUT2D eigenvalue weighted by Gasteiger charge is 2.24. The van der Waals surface area contributed by atoms with E-state index < -0.39 is 0 Å². The SMILES string of the molecule is CCOCCN(CCOCC)C(=O)C(Br)C(C)C. The number of hydrogen-bond donors (Lipinski definition) is 0. The van der Waals surface area contributed by atoms with Crippen LogP contribution in [-0.2, 0) is 14.3 Å². The number of nitrogens with zero attached hydrogens (tertiary/aromatic N) is 1. The Labute approximate surface area is 119 Å². The van der Waals surface area contributed by atoms with Gasteiger partial charge < -0.3 is 14.4 Å². The van der Waals surface area contributed by atoms with E-state index in [9.17, 15) is 4.79 Å². The molecule has 5 heteroatoms. The summed E-state index contributed by atoms with van der Waals surface area (Å²) in [5.74, 6) is 0.392. The summed E-state index contributed by atoms with van der Waals surface area (Å²) in [5.41, 5.74) is 0. The molecule has 0 aliphatic rings. The van der Waals surface area contributed by atoms with Gasteiger partial charge in [0.2, 0.25) is 5.91 Å². The fourth-order valence-electron chi connectivity index (χ4n) is 1.43. The maximum Gasteiger partial charge on any atom is 0.236 e. The monoisotopic (exact) mass is 323 g/mol. The van der Waals surface area contributed by atoms with Crippen LogP contribution >= 0.6 is 15.9 Å². The number of carbonyl (C=O) groups is 1. The van der Waals surface area contributed by atoms with Crippen LogP contribution in [0.4, 0.5) is 0 Å². The van der Waals surface area contributed by atoms with Crippen molar-refractivity contribution in [1.82, 2.24) is 4.90 Å². The fourth-order valence-corrected chi connectivity index (χ4v) is 1.72. The van der Waals surface area contributed by atoms with E-state index in [1.165, 1.54) is 0 Å². The minimum absolute atomic E-state index is 0.115. The molecule has 0 saturated carbocycles. The van der Waals surface area contributed by atoms with Crippen LogP contribution in [0, 0.1) is 5.92 Å². The van der Waals surface area contributed by atoms with Crippen molar-refractivity contribution >= 4 is 21.8 Å². The number of amides is 1. The Morgan fingerprint density at radius 1 is 1.11 bits per heavy atom. The van der Waals surface area contributed by atoms with Gasteiger partial charge in [0, 0.05) is 26.3 Å². The van der Waals surface area contributed by atoms with Crippen LogP contribution in [0.2, 0.25) is 0 Å². The quantitative estimate of drug-likeness (QED) is 0.457. The van der Waals surface area contributed by atoms with Crippen molar-refractivity contribution in [3.63, 3.8) is 0 Å². The molecule has 0 fully saturated rings. The predicted molar refractivity (Wildman–Crippen MR) is 77.1 cm³/mol. The number of ether oxygens (including phenoxy) is 2. The number of carbonyl (C=O) groups excluding carboxylic acids is 1. The second-order valence-electron chi connectivity index (χ2n) is 4.36. The van der Waals surface area contributed by atoms with E-state index in [0.29, 0.717) is 39.5 Å². The molecule has 18 heavy (non-hydrogen) atoms. The first kappa shape index (κ1) is 17.9. The molecule has 0 spiro atoms. The fraction of sp³-hybridized carbons (Fsp3) is 0.923. The maximum atomic E-state index is 12.2. The average molecular weight is 324 g/mol. The van der Waals surface area contributed by atoms with Gasteiger partial charge in [-0.05, 0) is 19.8 Å². The van der Waals surface area contributed by atoms with E-state index in [4.69, 9.17) is 9.47 Å². The molecule has 0 aromatic heterocycles. The third-order valence-electron chi connectivity index (χ3n) is 2.55. The summed E-state index contributed by atoms with van der Waals surface area (Å²) in [6.07, 6.45) is 0. The van der Waals surface area contributed by atoms with E-state index in [1.807, 2.05) is 32.6 Å². The number of hydrogen-bond acceptors (Lipinski definition) is 3. The van der Waals surface area contributed by atoms with Crippen molar-refractivity contribution in [2.24, 2.45) is 5.92 Å². The molecular formula is C13H26BrNO3. The van der Waals surface area contributed by atoms with Crippen LogP contribution in [0.1, 0.15) is 27.7 Å². The summed E-state index contributed by atoms with van der Waals surface area (Å²) in [4.78, 5) is 13.9. The van der Waals surface area contributed by atoms with Gasteiger partial charge >= 0.3 is 0 Å². The molecule has 0 aromatic rings. The van der Waals surface area contributed by atoms with Gasteiger partial charge in [-0.2, -0.15) is 0 Å². The topological polar surface area (TPSA) is 38.8 Å². The molecule has 0 N–H and O–H groups in total. The van der Waals surface area contributed by atoms with Crippen molar-refractivity contribution in [2.45, 2.75) is 32.5 Å². The molecule has 0 radical (unpaired) electrons. The minimum atomic E-state index is -0.138. The van der Waals surface area contributed by atoms with Gasteiger partial charge in [0.25, 0.3) is 0 Å². The molecule has 0 rings (SSSR count). The van der Waals surface area contributed by atoms with Crippen molar-refractivity contribution in [2.75, 3.05) is 39.5 Å². The van der Waals surface area contributed by atoms with Crippen LogP contribution in [-0.4, -0.2) is 55.2 Å². The molecule has 4 nitrogen and oxygen atoms in total. The largest absolute Gasteiger partial charge is 0.380 e. The van der Waals surface area contributed by atoms with Gasteiger partial charge in [-0.3, -0.25) is 4.79 Å². The summed E-state index contributed by atoms with van der Waals surface area (Å²) in [5, 5.41) is 0. The van der Waals surface area contributed by atoms with Gasteiger partial charge in [0.1, 0.15) is 0 Å². The Morgan fingerprint density at radius 2 is 1.56 bits per heavy atom. The number of halogens is 1. The van der Waals surface area contributed by atoms with E-state index in [0.717, 1.165) is 0 Å². The molecule has 1 atom stereocenters. The smallest absolute Gasteiger partial charge is 0.236 e. The van der Waals surface area contributed by atoms with Crippen LogP contribution in [0.25, 0.3) is 0 Å². The molecule has 0 aliphatic heterocycles. The third kappa shape index (κ3) is 7.34. The molecule has 0 heterocycles. The molecule has 1 unspecified atom stereocenters. The molecule has 0 saturated heterocycles. The summed E-state index contributed by atoms with van der Waals surface area (Å²) in [7, 11) is 0. The van der Waals surface area contributed by atoms with Gasteiger partial charge in [-0.15, -0.1) is 0 Å². The van der Waals surface area contributed by atoms with E-state index in [2.05, 4.69) is 15.9 Å². The highest BCUT2D eigenvalue weighted by atomic mass is 79.9. The zero-order chi connectivity index (χ0) is 14.0. The summed E-state index contributed by atoms with van der Waals surface area (Å²) >= 11 is 3.45. The highest BCUT2D eigenvalue weighted by molar-refractivity contribution is 9.10. The van der Waals surface area contributed by atoms with E-state index >= 15 is 0 Å². The molecule has 108 valence electrons. The Kier molecular flexibility index (Phi) is 10.7. The van der Waals surface area contributed by atoms with Gasteiger partial charge in [0.05, 0.1) is 18.0 Å². The Bertz CT molecular complexity index is 214. The maximum absolute atomic E-state index is 12.2. The second kappa shape index (κ2) is 10.8. The molecular weight excluding hydrogens is 298 g/mol. The van der Waals surface area contributed by atoms with Crippen LogP contribution < -0.4 is 0 Å². The van der Waals surface area contributed by atoms with Crippen molar-refractivity contribution in [3.8, 4) is 0 Å². The Balaban J connectivity index is 4.28. The van der Waals surface area contributed by atoms with Gasteiger partial charge in [-0.1, -0.05) is 29.8 Å². The lowest BCUT2D eigenvalue weighted by atomic mass is 10.1. The van der Waals surface area contributed by atoms with Crippen molar-refractivity contribution < 1.29 is 14.3 Å². The molecule has 0 bridgehead atoms. The number of alkyl halides is 1. The molecule has 0 aliphatic carbocycles. The first-order chi connectivity index (χ1) is 8.54. The van der Waals surface area contributed by atoms with E-state index in [-0.39, 0.29) is 16.7 Å². The van der Waals surface area contributed by atoms with Crippen LogP contribution in [0.3, 0.4) is 0 Å². The zero-order valence-electron chi connectivity index (χ0n) is 11.9. The lowest BCUT2D eigenvalue weighted by Gasteiger charge is -2.26. The van der Waals surface area contributed by atoms with Crippen LogP contribution in [0.5, 0.6) is 0 Å². The van der Waals surface area contributed by atoms with Gasteiger partial charge in [0.15, 0.2) is 0 Å². The lowest BCUT2D eigenvalue weighted by molar-refractivity contribution is -0.132. The van der Waals surface area contributed by atoms with Crippen LogP contribution in [0.15, 0.2) is 0 Å². The van der Waals surface area contributed by atoms with Crippen molar-refractivity contribution in [1.29, 1.82) is 0 Å². The summed E-state index contributed by atoms with van der Waals surface area (Å²) in [6, 6.07) is 0. The first-order valence-electron chi connectivity index (χ1n) is 6.62. The summed E-state index contributed by atoms with van der Waals surface area (Å²) in [6.45, 7) is 11.7. The predicted octanol–water partition coefficient (Wildman–Crippen LogP) is 2.31. The minimum Gasteiger partial charge on any atom is -0.380 e.